The predicted octanol–water partition coefficient (Wildman–Crippen LogP) is 4.59. The average molecular weight is 570 g/mol. The second-order valence-corrected chi connectivity index (χ2v) is 5.77. The number of rotatable bonds is 5. The Labute approximate surface area is 208 Å². The minimum absolute atomic E-state index is 0. The molecule has 0 radical (unpaired) electrons. The molecule has 1 heterocycles. The van der Waals surface area contributed by atoms with Gasteiger partial charge in [0.05, 0.1) is 0 Å². The van der Waals surface area contributed by atoms with Crippen molar-refractivity contribution in [1.82, 2.24) is 0 Å². The van der Waals surface area contributed by atoms with Crippen molar-refractivity contribution >= 4 is 51.4 Å². The van der Waals surface area contributed by atoms with Crippen molar-refractivity contribution in [3.05, 3.63) is 0 Å². The summed E-state index contributed by atoms with van der Waals surface area (Å²) >= 11 is 0. The van der Waals surface area contributed by atoms with Gasteiger partial charge in [0.15, 0.2) is 0 Å². The molecule has 1 fully saturated rings. The van der Waals surface area contributed by atoms with Crippen molar-refractivity contribution in [2.45, 2.75) is 59.9 Å². The van der Waals surface area contributed by atoms with Gasteiger partial charge in [-0.1, -0.05) is 0 Å². The molecule has 33 heavy (non-hydrogen) atoms. The van der Waals surface area contributed by atoms with Crippen LogP contribution in [0.1, 0.15) is 0 Å². The van der Waals surface area contributed by atoms with Gasteiger partial charge in [-0.05, 0) is 0 Å². The number of halogens is 19. The molecule has 0 amide bonds. The van der Waals surface area contributed by atoms with Gasteiger partial charge >= 0.3 is 111 Å². The molecule has 1 saturated heterocycles. The summed E-state index contributed by atoms with van der Waals surface area (Å²) in [6.07, 6.45) is -30.9. The molecule has 1 N–H and O–H groups in total. The van der Waals surface area contributed by atoms with Gasteiger partial charge in [-0.15, -0.1) is 0 Å². The van der Waals surface area contributed by atoms with E-state index in [4.69, 9.17) is 5.11 Å². The zero-order valence-corrected chi connectivity index (χ0v) is 13.4. The summed E-state index contributed by atoms with van der Waals surface area (Å²) in [5.74, 6) is -48.6. The monoisotopic (exact) mass is 570 g/mol. The third-order valence-electron chi connectivity index (χ3n) is 3.64. The van der Waals surface area contributed by atoms with E-state index in [-0.39, 0.29) is 51.4 Å². The van der Waals surface area contributed by atoms with Crippen LogP contribution < -0.4 is 0 Å². The first-order valence-electron chi connectivity index (χ1n) is 6.63. The van der Waals surface area contributed by atoms with E-state index >= 15 is 0 Å². The summed E-state index contributed by atoms with van der Waals surface area (Å²) in [5.41, 5.74) is 0. The SMILES string of the molecule is OC(F)(F)C1(C(F)(F)C(F)(F)C(F)(F)F)OC(F)(F)C(F)(C(F)(F)C(F)(F)C(F)(F)F)O1.[KH]. The first kappa shape index (κ1) is 33.2. The van der Waals surface area contributed by atoms with E-state index in [1.165, 1.54) is 0 Å². The molecular formula is C10H2F19KO3. The van der Waals surface area contributed by atoms with Crippen LogP contribution in [0.15, 0.2) is 0 Å². The molecule has 2 unspecified atom stereocenters. The van der Waals surface area contributed by atoms with E-state index in [1.54, 1.807) is 9.47 Å². The summed E-state index contributed by atoms with van der Waals surface area (Å²) in [7, 11) is 0. The Bertz CT molecular complexity index is 738. The van der Waals surface area contributed by atoms with Gasteiger partial charge in [0, 0.05) is 0 Å². The second-order valence-electron chi connectivity index (χ2n) is 5.77. The first-order valence-corrected chi connectivity index (χ1v) is 6.63. The van der Waals surface area contributed by atoms with Gasteiger partial charge in [-0.25, -0.2) is 0 Å². The summed E-state index contributed by atoms with van der Waals surface area (Å²) in [4.78, 5) is 0. The van der Waals surface area contributed by atoms with Crippen molar-refractivity contribution in [3.8, 4) is 0 Å². The first-order chi connectivity index (χ1) is 13.4. The fourth-order valence-electron chi connectivity index (χ4n) is 1.98. The van der Waals surface area contributed by atoms with E-state index in [0.717, 1.165) is 0 Å². The number of hydrogen-bond acceptors (Lipinski definition) is 3. The van der Waals surface area contributed by atoms with Gasteiger partial charge in [0.2, 0.25) is 0 Å². The number of aliphatic hydroxyl groups is 1. The Morgan fingerprint density at radius 2 is 0.818 bits per heavy atom. The van der Waals surface area contributed by atoms with Crippen LogP contribution in [0.3, 0.4) is 0 Å². The fraction of sp³-hybridized carbons (Fsp3) is 1.00. The molecule has 0 aromatic rings. The second kappa shape index (κ2) is 8.09. The average Bonchev–Trinajstić information content (AvgIpc) is 2.73. The minimum atomic E-state index is -8.35. The third-order valence-corrected chi connectivity index (χ3v) is 3.64. The van der Waals surface area contributed by atoms with E-state index in [2.05, 4.69) is 0 Å². The topological polar surface area (TPSA) is 38.7 Å². The summed E-state index contributed by atoms with van der Waals surface area (Å²) < 4.78 is 249. The van der Waals surface area contributed by atoms with Crippen molar-refractivity contribution < 1.29 is 98.0 Å². The van der Waals surface area contributed by atoms with Crippen molar-refractivity contribution in [1.29, 1.82) is 0 Å². The molecular weight excluding hydrogens is 568 g/mol. The Morgan fingerprint density at radius 3 is 1.09 bits per heavy atom. The molecule has 0 bridgehead atoms. The fourth-order valence-corrected chi connectivity index (χ4v) is 1.98. The van der Waals surface area contributed by atoms with E-state index < -0.39 is 59.9 Å². The molecule has 194 valence electrons. The molecule has 2 atom stereocenters. The van der Waals surface area contributed by atoms with Crippen LogP contribution in [-0.4, -0.2) is 116 Å². The van der Waals surface area contributed by atoms with Crippen LogP contribution in [0.4, 0.5) is 83.4 Å². The summed E-state index contributed by atoms with van der Waals surface area (Å²) in [6, 6.07) is 0. The van der Waals surface area contributed by atoms with E-state index in [0.29, 0.717) is 0 Å². The van der Waals surface area contributed by atoms with Crippen LogP contribution in [0.5, 0.6) is 0 Å². The van der Waals surface area contributed by atoms with Gasteiger partial charge in [-0.2, -0.15) is 83.4 Å². The van der Waals surface area contributed by atoms with Crippen LogP contribution in [0.2, 0.25) is 0 Å². The van der Waals surface area contributed by atoms with Crippen molar-refractivity contribution in [2.75, 3.05) is 0 Å². The van der Waals surface area contributed by atoms with Gasteiger partial charge in [0.25, 0.3) is 0 Å². The molecule has 0 aromatic carbocycles. The molecule has 23 heteroatoms. The Morgan fingerprint density at radius 1 is 0.515 bits per heavy atom. The van der Waals surface area contributed by atoms with Gasteiger partial charge < -0.3 is 5.11 Å². The molecule has 0 aliphatic carbocycles. The van der Waals surface area contributed by atoms with Gasteiger partial charge in [-0.3, -0.25) is 9.47 Å². The van der Waals surface area contributed by atoms with Crippen LogP contribution in [0.25, 0.3) is 0 Å². The maximum atomic E-state index is 14.0. The quantitative estimate of drug-likeness (QED) is 0.389. The number of alkyl halides is 19. The molecule has 0 aromatic heterocycles. The molecule has 1 aliphatic rings. The predicted molar refractivity (Wildman–Crippen MR) is 59.9 cm³/mol. The van der Waals surface area contributed by atoms with E-state index in [1.807, 2.05) is 0 Å². The number of hydrogen-bond donors (Lipinski definition) is 1. The zero-order valence-electron chi connectivity index (χ0n) is 13.4. The summed E-state index contributed by atoms with van der Waals surface area (Å²) in [5, 5.41) is 8.11. The summed E-state index contributed by atoms with van der Waals surface area (Å²) in [6.45, 7) is 0. The van der Waals surface area contributed by atoms with Crippen LogP contribution in [0, 0.1) is 0 Å². The van der Waals surface area contributed by atoms with Crippen LogP contribution in [-0.2, 0) is 9.47 Å². The van der Waals surface area contributed by atoms with Crippen molar-refractivity contribution in [3.63, 3.8) is 0 Å². The molecule has 3 nitrogen and oxygen atoms in total. The molecule has 1 aliphatic heterocycles. The maximum absolute atomic E-state index is 14.0. The van der Waals surface area contributed by atoms with Crippen LogP contribution >= 0.6 is 0 Å². The molecule has 0 spiro atoms. The normalized spacial score (nSPS) is 28.0. The van der Waals surface area contributed by atoms with Crippen molar-refractivity contribution in [2.24, 2.45) is 0 Å². The third kappa shape index (κ3) is 4.14. The Balaban J connectivity index is 0.0000102. The Kier molecular flexibility index (Phi) is 8.14. The number of ether oxygens (including phenoxy) is 2. The van der Waals surface area contributed by atoms with Gasteiger partial charge in [0.1, 0.15) is 0 Å². The standard InChI is InChI=1S/C10HF19O3.K.H/c11-1(12,3(15,16)7(20,21)22)5(19)10(28,29)32-6(31-5,9(26,27)30)2(13,14)4(17,18)8(23,24)25;;/h30H;;. The van der Waals surface area contributed by atoms with E-state index in [9.17, 15) is 83.4 Å². The zero-order chi connectivity index (χ0) is 26.4. The Hall–Kier alpha value is 0.186. The molecule has 1 rings (SSSR count). The molecule has 0 saturated carbocycles.